The zero-order valence-corrected chi connectivity index (χ0v) is 20.0. The van der Waals surface area contributed by atoms with Gasteiger partial charge >= 0.3 is 81.3 Å². The van der Waals surface area contributed by atoms with Crippen molar-refractivity contribution in [2.45, 2.75) is 86.4 Å². The molecule has 0 aromatic heterocycles. The van der Waals surface area contributed by atoms with E-state index in [1.54, 1.807) is 34.7 Å². The first kappa shape index (κ1) is 32.6. The topological polar surface area (TPSA) is 133 Å². The molecule has 0 amide bonds. The van der Waals surface area contributed by atoms with Gasteiger partial charge in [-0.3, -0.25) is 9.59 Å². The summed E-state index contributed by atoms with van der Waals surface area (Å²) >= 11 is 1.70. The maximum absolute atomic E-state index is 10.4. The molecule has 9 heteroatoms. The minimum atomic E-state index is -1.27. The van der Waals surface area contributed by atoms with Crippen molar-refractivity contribution in [3.05, 3.63) is 0 Å². The van der Waals surface area contributed by atoms with Gasteiger partial charge in [-0.15, -0.1) is 0 Å². The number of carbonyl (C=O) groups excluding carboxylic acids is 4. The van der Waals surface area contributed by atoms with Crippen molar-refractivity contribution in [1.82, 2.24) is 0 Å². The molecule has 167 valence electrons. The summed E-state index contributed by atoms with van der Waals surface area (Å²) < 4.78 is 10.6. The Hall–Kier alpha value is -1.09. The van der Waals surface area contributed by atoms with Gasteiger partial charge in [-0.2, -0.15) is 0 Å². The van der Waals surface area contributed by atoms with Gasteiger partial charge in [0.1, 0.15) is 11.6 Å². The monoisotopic (exact) mass is 451 g/mol. The number of carbonyl (C=O) groups is 4. The van der Waals surface area contributed by atoms with Crippen LogP contribution in [0.15, 0.2) is 0 Å². The Morgan fingerprint density at radius 1 is 0.828 bits per heavy atom. The second-order valence-corrected chi connectivity index (χ2v) is 6.71. The number of hydrogen-bond acceptors (Lipinski definition) is 8. The Kier molecular flexibility index (Phi) is 24.3. The van der Waals surface area contributed by atoms with Crippen LogP contribution in [0.5, 0.6) is 0 Å². The van der Waals surface area contributed by atoms with Gasteiger partial charge in [0.15, 0.2) is 0 Å². The Morgan fingerprint density at radius 2 is 1.24 bits per heavy atom. The third kappa shape index (κ3) is 20.0. The van der Waals surface area contributed by atoms with E-state index in [-0.39, 0.29) is 17.9 Å². The van der Waals surface area contributed by atoms with Crippen molar-refractivity contribution in [1.29, 1.82) is 0 Å². The van der Waals surface area contributed by atoms with Crippen LogP contribution in [-0.2, 0) is 48.1 Å². The van der Waals surface area contributed by atoms with Crippen molar-refractivity contribution in [2.24, 2.45) is 11.8 Å². The van der Waals surface area contributed by atoms with Crippen LogP contribution < -0.4 is 10.2 Å². The van der Waals surface area contributed by atoms with Crippen molar-refractivity contribution in [3.63, 3.8) is 0 Å². The predicted octanol–water partition coefficient (Wildman–Crippen LogP) is 1.11. The Labute approximate surface area is 186 Å². The van der Waals surface area contributed by atoms with Crippen molar-refractivity contribution < 1.29 is 58.3 Å². The van der Waals surface area contributed by atoms with Gasteiger partial charge in [-0.25, -0.2) is 0 Å². The first-order chi connectivity index (χ1) is 13.5. The van der Waals surface area contributed by atoms with Crippen LogP contribution in [0, 0.1) is 11.8 Å². The normalized spacial score (nSPS) is 13.0. The van der Waals surface area contributed by atoms with E-state index in [2.05, 4.69) is 13.8 Å². The molecule has 0 saturated heterocycles. The molecular formula is C20H35O8Ti. The number of aliphatic carboxylic acids is 2. The summed E-state index contributed by atoms with van der Waals surface area (Å²) in [4.78, 5) is 40.9. The molecule has 0 aliphatic carbocycles. The van der Waals surface area contributed by atoms with E-state index in [0.717, 1.165) is 25.9 Å². The third-order valence-corrected chi connectivity index (χ3v) is 4.23. The molecule has 0 aliphatic heterocycles. The standard InChI is InChI=1S/C8H17O2.2C6H10O3.Ti/c1-3-5-7-10-8(9)6-4-2;2*1-3-5(4(2)7)6(8)9;/h8H,3-7H2,1-2H3;2*5H,3H2,1-2H3,(H,8,9);/q-1;;;+3/p-2. The molecule has 0 rings (SSSR count). The van der Waals surface area contributed by atoms with Crippen molar-refractivity contribution in [3.8, 4) is 0 Å². The molecule has 0 bridgehead atoms. The van der Waals surface area contributed by atoms with Crippen LogP contribution in [0.1, 0.15) is 80.1 Å². The molecule has 0 aromatic rings. The number of ether oxygens (including phenoxy) is 1. The summed E-state index contributed by atoms with van der Waals surface area (Å²) in [7, 11) is 0. The fraction of sp³-hybridized carbons (Fsp3) is 0.800. The van der Waals surface area contributed by atoms with Crippen LogP contribution in [-0.4, -0.2) is 36.4 Å². The van der Waals surface area contributed by atoms with Crippen molar-refractivity contribution in [2.75, 3.05) is 6.61 Å². The molecule has 3 atom stereocenters. The molecule has 0 fully saturated rings. The van der Waals surface area contributed by atoms with E-state index in [1.165, 1.54) is 20.3 Å². The molecule has 29 heavy (non-hydrogen) atoms. The molecule has 0 N–H and O–H groups in total. The van der Waals surface area contributed by atoms with Gasteiger partial charge in [-0.1, -0.05) is 13.8 Å². The SMILES string of the molecule is CCC(C(C)=O)C(=O)[O-].CCC(C(C)=O)C(=O)[O-].CCCCOC(CCC)[O][Ti+2]. The quantitative estimate of drug-likeness (QED) is 0.176. The van der Waals surface area contributed by atoms with E-state index in [9.17, 15) is 29.4 Å². The number of unbranched alkanes of at least 4 members (excludes halogenated alkanes) is 1. The van der Waals surface area contributed by atoms with Crippen LogP contribution in [0.3, 0.4) is 0 Å². The minimum absolute atomic E-state index is 0.0200. The summed E-state index contributed by atoms with van der Waals surface area (Å²) in [5.41, 5.74) is 0. The van der Waals surface area contributed by atoms with E-state index in [1.807, 2.05) is 0 Å². The zero-order chi connectivity index (χ0) is 23.4. The maximum atomic E-state index is 10.4. The van der Waals surface area contributed by atoms with Crippen molar-refractivity contribution >= 4 is 23.5 Å². The second-order valence-electron chi connectivity index (χ2n) is 6.34. The van der Waals surface area contributed by atoms with Gasteiger partial charge < -0.3 is 19.8 Å². The Bertz CT molecular complexity index is 407. The van der Waals surface area contributed by atoms with Gasteiger partial charge in [0.2, 0.25) is 0 Å². The summed E-state index contributed by atoms with van der Waals surface area (Å²) in [5.74, 6) is -5.04. The number of rotatable bonds is 13. The molecule has 0 radical (unpaired) electrons. The summed E-state index contributed by atoms with van der Waals surface area (Å²) in [6, 6.07) is 0. The zero-order valence-electron chi connectivity index (χ0n) is 18.4. The molecule has 0 aromatic carbocycles. The molecular weight excluding hydrogens is 416 g/mol. The number of hydrogen-bond donors (Lipinski definition) is 0. The number of Topliss-reactive ketones (excluding diaryl/α,β-unsaturated/α-hetero) is 2. The summed E-state index contributed by atoms with van der Waals surface area (Å²) in [5, 5.41) is 20.1. The van der Waals surface area contributed by atoms with Gasteiger partial charge in [0, 0.05) is 0 Å². The molecule has 0 heterocycles. The second kappa shape index (κ2) is 21.6. The fourth-order valence-electron chi connectivity index (χ4n) is 2.01. The van der Waals surface area contributed by atoms with E-state index < -0.39 is 23.8 Å². The summed E-state index contributed by atoms with van der Waals surface area (Å²) in [6.07, 6.45) is 5.08. The number of carboxylic acids is 2. The van der Waals surface area contributed by atoms with Gasteiger partial charge in [-0.05, 0) is 26.7 Å². The average Bonchev–Trinajstić information content (AvgIpc) is 2.62. The molecule has 0 spiro atoms. The number of carboxylic acid groups (broad SMARTS) is 2. The van der Waals surface area contributed by atoms with E-state index in [4.69, 9.17) is 8.06 Å². The van der Waals surface area contributed by atoms with E-state index >= 15 is 0 Å². The van der Waals surface area contributed by atoms with E-state index in [0.29, 0.717) is 12.8 Å². The molecule has 0 aliphatic rings. The Morgan fingerprint density at radius 3 is 1.41 bits per heavy atom. The van der Waals surface area contributed by atoms with Crippen LogP contribution in [0.2, 0.25) is 0 Å². The molecule has 8 nitrogen and oxygen atoms in total. The fourth-order valence-corrected chi connectivity index (χ4v) is 2.30. The Balaban J connectivity index is -0.000000352. The third-order valence-electron chi connectivity index (χ3n) is 3.82. The molecule has 3 unspecified atom stereocenters. The van der Waals surface area contributed by atoms with Gasteiger partial charge in [0.25, 0.3) is 0 Å². The van der Waals surface area contributed by atoms with Crippen LogP contribution in [0.25, 0.3) is 0 Å². The first-order valence-electron chi connectivity index (χ1n) is 9.90. The van der Waals surface area contributed by atoms with Crippen LogP contribution >= 0.6 is 0 Å². The average molecular weight is 451 g/mol. The first-order valence-corrected chi connectivity index (χ1v) is 10.5. The predicted molar refractivity (Wildman–Crippen MR) is 99.6 cm³/mol. The van der Waals surface area contributed by atoms with Crippen LogP contribution in [0.4, 0.5) is 0 Å². The summed E-state index contributed by atoms with van der Waals surface area (Å²) in [6.45, 7) is 10.9. The number of ketones is 2. The molecule has 0 saturated carbocycles. The van der Waals surface area contributed by atoms with Gasteiger partial charge in [0.05, 0.1) is 23.8 Å².